The van der Waals surface area contributed by atoms with E-state index in [9.17, 15) is 0 Å². The lowest BCUT2D eigenvalue weighted by molar-refractivity contribution is 0.141. The molecule has 0 bridgehead atoms. The topological polar surface area (TPSA) is 21.6 Å². The van der Waals surface area contributed by atoms with Gasteiger partial charge in [-0.25, -0.2) is 0 Å². The molecule has 15 heavy (non-hydrogen) atoms. The monoisotopic (exact) mass is 204 g/mol. The Hall–Kier alpha value is -1.31. The lowest BCUT2D eigenvalue weighted by Crippen LogP contribution is -1.97. The van der Waals surface area contributed by atoms with Crippen molar-refractivity contribution in [3.8, 4) is 0 Å². The second-order valence-electron chi connectivity index (χ2n) is 3.62. The molecule has 0 heterocycles. The summed E-state index contributed by atoms with van der Waals surface area (Å²) in [5.41, 5.74) is 3.14. The van der Waals surface area contributed by atoms with Crippen LogP contribution in [0.4, 0.5) is 0 Å². The molecule has 1 radical (unpaired) electrons. The van der Waals surface area contributed by atoms with Gasteiger partial charge in [0.15, 0.2) is 0 Å². The maximum Gasteiger partial charge on any atom is 0.117 e. The Morgan fingerprint density at radius 3 is 3.00 bits per heavy atom. The highest BCUT2D eigenvalue weighted by molar-refractivity contribution is 5.98. The molecule has 0 amide bonds. The molecule has 0 N–H and O–H groups in total. The van der Waals surface area contributed by atoms with Crippen LogP contribution in [0.15, 0.2) is 23.4 Å². The summed E-state index contributed by atoms with van der Waals surface area (Å²) in [5.74, 6) is 0. The normalized spacial score (nSPS) is 11.5. The minimum Gasteiger partial charge on any atom is -0.396 e. The third-order valence-corrected chi connectivity index (χ3v) is 2.15. The Morgan fingerprint density at radius 1 is 1.53 bits per heavy atom. The number of unbranched alkanes of at least 4 members (excludes halogenated alkanes) is 1. The number of oxime groups is 1. The van der Waals surface area contributed by atoms with Gasteiger partial charge in [0.2, 0.25) is 0 Å². The van der Waals surface area contributed by atoms with Gasteiger partial charge in [0.1, 0.15) is 6.61 Å². The van der Waals surface area contributed by atoms with E-state index in [1.165, 1.54) is 0 Å². The molecule has 2 nitrogen and oxygen atoms in total. The molecule has 0 aromatic heterocycles. The zero-order valence-electron chi connectivity index (χ0n) is 9.71. The van der Waals surface area contributed by atoms with Gasteiger partial charge in [0.25, 0.3) is 0 Å². The highest BCUT2D eigenvalue weighted by Crippen LogP contribution is 2.05. The molecule has 0 aliphatic heterocycles. The highest BCUT2D eigenvalue weighted by atomic mass is 16.6. The molecule has 0 saturated heterocycles. The molecular weight excluding hydrogens is 186 g/mol. The van der Waals surface area contributed by atoms with E-state index >= 15 is 0 Å². The van der Waals surface area contributed by atoms with Gasteiger partial charge in [-0.2, -0.15) is 0 Å². The van der Waals surface area contributed by atoms with Crippen LogP contribution in [0.3, 0.4) is 0 Å². The second kappa shape index (κ2) is 6.23. The standard InChI is InChI=1S/C13H18NO/c1-4-5-9-15-14-12(3)13-8-6-7-11(2)10-13/h6,8,10H,4-5,9H2,1-3H3. The van der Waals surface area contributed by atoms with E-state index in [0.717, 1.165) is 29.7 Å². The van der Waals surface area contributed by atoms with Crippen LogP contribution < -0.4 is 0 Å². The van der Waals surface area contributed by atoms with Crippen LogP contribution in [0.2, 0.25) is 0 Å². The SMILES string of the molecule is CCCCON=C(C)c1cc[c]c(C)c1. The largest absolute Gasteiger partial charge is 0.396 e. The Bertz CT molecular complexity index is 331. The van der Waals surface area contributed by atoms with Crippen molar-refractivity contribution >= 4 is 5.71 Å². The summed E-state index contributed by atoms with van der Waals surface area (Å²) in [6, 6.07) is 9.07. The summed E-state index contributed by atoms with van der Waals surface area (Å²) in [6.07, 6.45) is 2.19. The molecule has 1 rings (SSSR count). The number of rotatable bonds is 5. The van der Waals surface area contributed by atoms with Crippen LogP contribution >= 0.6 is 0 Å². The van der Waals surface area contributed by atoms with Crippen LogP contribution in [-0.4, -0.2) is 12.3 Å². The molecule has 0 unspecified atom stereocenters. The fourth-order valence-electron chi connectivity index (χ4n) is 1.22. The number of benzene rings is 1. The van der Waals surface area contributed by atoms with Gasteiger partial charge >= 0.3 is 0 Å². The average molecular weight is 204 g/mol. The second-order valence-corrected chi connectivity index (χ2v) is 3.62. The zero-order valence-corrected chi connectivity index (χ0v) is 9.71. The number of aryl methyl sites for hydroxylation is 1. The molecule has 0 saturated carbocycles. The van der Waals surface area contributed by atoms with Crippen LogP contribution in [0.25, 0.3) is 0 Å². The van der Waals surface area contributed by atoms with Crippen molar-refractivity contribution in [1.82, 2.24) is 0 Å². The van der Waals surface area contributed by atoms with E-state index in [0.29, 0.717) is 6.61 Å². The first-order valence-corrected chi connectivity index (χ1v) is 5.39. The molecule has 0 spiro atoms. The van der Waals surface area contributed by atoms with Crippen molar-refractivity contribution < 1.29 is 4.84 Å². The molecule has 0 aliphatic carbocycles. The molecule has 0 atom stereocenters. The Morgan fingerprint density at radius 2 is 2.33 bits per heavy atom. The van der Waals surface area contributed by atoms with Gasteiger partial charge in [0, 0.05) is 0 Å². The molecule has 1 aromatic carbocycles. The third kappa shape index (κ3) is 4.15. The summed E-state index contributed by atoms with van der Waals surface area (Å²) in [7, 11) is 0. The van der Waals surface area contributed by atoms with Gasteiger partial charge in [-0.05, 0) is 43.5 Å². The Labute approximate surface area is 91.9 Å². The summed E-state index contributed by atoms with van der Waals surface area (Å²) < 4.78 is 0. The number of hydrogen-bond acceptors (Lipinski definition) is 2. The molecule has 1 aromatic rings. The van der Waals surface area contributed by atoms with E-state index in [1.54, 1.807) is 0 Å². The van der Waals surface area contributed by atoms with E-state index in [2.05, 4.69) is 24.2 Å². The highest BCUT2D eigenvalue weighted by Gasteiger charge is 1.97. The van der Waals surface area contributed by atoms with Crippen molar-refractivity contribution in [2.45, 2.75) is 33.6 Å². The van der Waals surface area contributed by atoms with Crippen molar-refractivity contribution in [2.24, 2.45) is 5.16 Å². The van der Waals surface area contributed by atoms with E-state index in [-0.39, 0.29) is 0 Å². The van der Waals surface area contributed by atoms with Crippen molar-refractivity contribution in [3.63, 3.8) is 0 Å². The van der Waals surface area contributed by atoms with Crippen LogP contribution in [0, 0.1) is 13.0 Å². The average Bonchev–Trinajstić information content (AvgIpc) is 2.24. The smallest absolute Gasteiger partial charge is 0.117 e. The van der Waals surface area contributed by atoms with Gasteiger partial charge < -0.3 is 4.84 Å². The molecule has 2 heteroatoms. The number of nitrogens with zero attached hydrogens (tertiary/aromatic N) is 1. The zero-order chi connectivity index (χ0) is 11.1. The number of hydrogen-bond donors (Lipinski definition) is 0. The van der Waals surface area contributed by atoms with Crippen LogP contribution in [0.1, 0.15) is 37.8 Å². The molecule has 0 fully saturated rings. The predicted molar refractivity (Wildman–Crippen MR) is 63.1 cm³/mol. The minimum atomic E-state index is 0.700. The third-order valence-electron chi connectivity index (χ3n) is 2.15. The van der Waals surface area contributed by atoms with Gasteiger partial charge in [-0.15, -0.1) is 0 Å². The summed E-state index contributed by atoms with van der Waals surface area (Å²) in [6.45, 7) is 6.82. The summed E-state index contributed by atoms with van der Waals surface area (Å²) in [5, 5.41) is 4.08. The van der Waals surface area contributed by atoms with Crippen LogP contribution in [-0.2, 0) is 4.84 Å². The van der Waals surface area contributed by atoms with Gasteiger partial charge in [-0.3, -0.25) is 0 Å². The first kappa shape index (κ1) is 11.8. The first-order valence-electron chi connectivity index (χ1n) is 5.39. The maximum atomic E-state index is 5.21. The lowest BCUT2D eigenvalue weighted by atomic mass is 10.1. The molecule has 81 valence electrons. The van der Waals surface area contributed by atoms with Crippen molar-refractivity contribution in [3.05, 3.63) is 35.4 Å². The summed E-state index contributed by atoms with van der Waals surface area (Å²) in [4.78, 5) is 5.21. The van der Waals surface area contributed by atoms with Gasteiger partial charge in [0.05, 0.1) is 5.71 Å². The Kier molecular flexibility index (Phi) is 4.88. The van der Waals surface area contributed by atoms with E-state index < -0.39 is 0 Å². The van der Waals surface area contributed by atoms with Crippen molar-refractivity contribution in [1.29, 1.82) is 0 Å². The molecule has 0 aliphatic rings. The predicted octanol–water partition coefficient (Wildman–Crippen LogP) is 3.34. The minimum absolute atomic E-state index is 0.700. The summed E-state index contributed by atoms with van der Waals surface area (Å²) >= 11 is 0. The lowest BCUT2D eigenvalue weighted by Gasteiger charge is -2.02. The fraction of sp³-hybridized carbons (Fsp3) is 0.462. The van der Waals surface area contributed by atoms with E-state index in [1.807, 2.05) is 26.0 Å². The molecular formula is C13H18NO. The Balaban J connectivity index is 2.55. The first-order chi connectivity index (χ1) is 7.24. The quantitative estimate of drug-likeness (QED) is 0.409. The van der Waals surface area contributed by atoms with Crippen molar-refractivity contribution in [2.75, 3.05) is 6.61 Å². The van der Waals surface area contributed by atoms with Gasteiger partial charge in [-0.1, -0.05) is 30.6 Å². The van der Waals surface area contributed by atoms with E-state index in [4.69, 9.17) is 4.84 Å². The van der Waals surface area contributed by atoms with Crippen LogP contribution in [0.5, 0.6) is 0 Å². The fourth-order valence-corrected chi connectivity index (χ4v) is 1.22. The maximum absolute atomic E-state index is 5.21.